The molecule has 1 saturated heterocycles. The van der Waals surface area contributed by atoms with Crippen LogP contribution in [0, 0.1) is 18.6 Å². The largest absolute Gasteiger partial charge is 0.359 e. The van der Waals surface area contributed by atoms with Crippen LogP contribution in [0.4, 0.5) is 13.6 Å². The molecule has 0 radical (unpaired) electrons. The van der Waals surface area contributed by atoms with Gasteiger partial charge in [0.2, 0.25) is 0 Å². The Balaban J connectivity index is 1.95. The average molecular weight is 321 g/mol. The molecular weight excluding hydrogens is 308 g/mol. The monoisotopic (exact) mass is 321 g/mol. The smallest absolute Gasteiger partial charge is 0.325 e. The number of nitrogens with one attached hydrogen (secondary N) is 1. The molecule has 0 spiro atoms. The lowest BCUT2D eigenvalue weighted by molar-refractivity contribution is -0.131. The van der Waals surface area contributed by atoms with E-state index in [2.05, 4.69) is 10.5 Å². The van der Waals surface area contributed by atoms with E-state index >= 15 is 0 Å². The molecule has 1 N–H and O–H groups in total. The van der Waals surface area contributed by atoms with E-state index in [0.717, 1.165) is 23.1 Å². The number of rotatable bonds is 3. The minimum absolute atomic E-state index is 0.141. The van der Waals surface area contributed by atoms with Gasteiger partial charge >= 0.3 is 6.03 Å². The second-order valence-corrected chi connectivity index (χ2v) is 5.51. The Hall–Kier alpha value is -2.77. The molecule has 0 aliphatic carbocycles. The highest BCUT2D eigenvalue weighted by Crippen LogP contribution is 2.32. The third-order valence-corrected chi connectivity index (χ3v) is 3.73. The third-order valence-electron chi connectivity index (χ3n) is 3.73. The fraction of sp³-hybridized carbons (Fsp3) is 0.267. The number of urea groups is 1. The number of benzene rings is 1. The second kappa shape index (κ2) is 5.15. The Morgan fingerprint density at radius 1 is 1.30 bits per heavy atom. The molecule has 2 heterocycles. The minimum Gasteiger partial charge on any atom is -0.359 e. The molecule has 0 saturated carbocycles. The van der Waals surface area contributed by atoms with Crippen molar-refractivity contribution in [1.82, 2.24) is 15.4 Å². The number of hydrogen-bond donors (Lipinski definition) is 1. The first kappa shape index (κ1) is 15.1. The first-order chi connectivity index (χ1) is 10.8. The van der Waals surface area contributed by atoms with Crippen LogP contribution in [-0.4, -0.2) is 22.0 Å². The Morgan fingerprint density at radius 3 is 2.70 bits per heavy atom. The SMILES string of the molecule is Cc1cc(CN2C(=O)NC(C)(c3cc(F)ccc3F)C2=O)on1. The van der Waals surface area contributed by atoms with Crippen LogP contribution >= 0.6 is 0 Å². The van der Waals surface area contributed by atoms with Crippen LogP contribution in [-0.2, 0) is 16.9 Å². The molecule has 3 rings (SSSR count). The number of amides is 3. The number of carbonyl (C=O) groups excluding carboxylic acids is 2. The Bertz CT molecular complexity index is 805. The van der Waals surface area contributed by atoms with E-state index < -0.39 is 29.1 Å². The molecule has 1 fully saturated rings. The van der Waals surface area contributed by atoms with E-state index in [1.54, 1.807) is 13.0 Å². The highest BCUT2D eigenvalue weighted by molar-refractivity contribution is 6.07. The van der Waals surface area contributed by atoms with Gasteiger partial charge in [0, 0.05) is 11.6 Å². The van der Waals surface area contributed by atoms with Crippen molar-refractivity contribution in [2.45, 2.75) is 25.9 Å². The topological polar surface area (TPSA) is 75.4 Å². The lowest BCUT2D eigenvalue weighted by Gasteiger charge is -2.22. The highest BCUT2D eigenvalue weighted by atomic mass is 19.1. The van der Waals surface area contributed by atoms with E-state index in [1.807, 2.05) is 0 Å². The molecule has 2 aromatic rings. The first-order valence-electron chi connectivity index (χ1n) is 6.83. The maximum absolute atomic E-state index is 14.0. The van der Waals surface area contributed by atoms with Crippen molar-refractivity contribution >= 4 is 11.9 Å². The predicted octanol–water partition coefficient (Wildman–Crippen LogP) is 2.23. The zero-order valence-corrected chi connectivity index (χ0v) is 12.4. The summed E-state index contributed by atoms with van der Waals surface area (Å²) < 4.78 is 32.4. The molecule has 8 heteroatoms. The van der Waals surface area contributed by atoms with Crippen molar-refractivity contribution in [3.05, 3.63) is 52.9 Å². The van der Waals surface area contributed by atoms with Gasteiger partial charge in [0.15, 0.2) is 5.76 Å². The zero-order valence-electron chi connectivity index (χ0n) is 12.4. The summed E-state index contributed by atoms with van der Waals surface area (Å²) in [4.78, 5) is 25.6. The van der Waals surface area contributed by atoms with Gasteiger partial charge in [-0.3, -0.25) is 9.69 Å². The number of imide groups is 1. The number of halogens is 2. The van der Waals surface area contributed by atoms with Crippen LogP contribution in [0.2, 0.25) is 0 Å². The Labute approximate surface area is 130 Å². The van der Waals surface area contributed by atoms with Crippen LogP contribution in [0.1, 0.15) is 23.9 Å². The second-order valence-electron chi connectivity index (χ2n) is 5.51. The summed E-state index contributed by atoms with van der Waals surface area (Å²) in [6, 6.07) is 3.63. The van der Waals surface area contributed by atoms with Crippen molar-refractivity contribution in [3.63, 3.8) is 0 Å². The molecule has 0 bridgehead atoms. The predicted molar refractivity (Wildman–Crippen MR) is 74.0 cm³/mol. The summed E-state index contributed by atoms with van der Waals surface area (Å²) in [5.74, 6) is -1.86. The fourth-order valence-electron chi connectivity index (χ4n) is 2.55. The molecule has 1 unspecified atom stereocenters. The molecule has 1 atom stereocenters. The maximum Gasteiger partial charge on any atom is 0.325 e. The third kappa shape index (κ3) is 2.45. The van der Waals surface area contributed by atoms with Crippen LogP contribution in [0.3, 0.4) is 0 Å². The summed E-state index contributed by atoms with van der Waals surface area (Å²) in [6.45, 7) is 2.89. The number of carbonyl (C=O) groups is 2. The van der Waals surface area contributed by atoms with Crippen LogP contribution in [0.15, 0.2) is 28.8 Å². The lowest BCUT2D eigenvalue weighted by atomic mass is 9.91. The molecule has 1 aliphatic rings. The van der Waals surface area contributed by atoms with Gasteiger partial charge in [-0.1, -0.05) is 5.16 Å². The lowest BCUT2D eigenvalue weighted by Crippen LogP contribution is -2.41. The van der Waals surface area contributed by atoms with Crippen LogP contribution < -0.4 is 5.32 Å². The number of aromatic nitrogens is 1. The molecule has 23 heavy (non-hydrogen) atoms. The molecule has 3 amide bonds. The standard InChI is InChI=1S/C15H13F2N3O3/c1-8-5-10(23-19-8)7-20-13(21)15(2,18-14(20)22)11-6-9(16)3-4-12(11)17/h3-6H,7H2,1-2H3,(H,18,22). The van der Waals surface area contributed by atoms with Gasteiger partial charge in [0.1, 0.15) is 17.2 Å². The zero-order chi connectivity index (χ0) is 16.8. The van der Waals surface area contributed by atoms with E-state index in [4.69, 9.17) is 4.52 Å². The summed E-state index contributed by atoms with van der Waals surface area (Å²) in [5.41, 5.74) is -1.31. The molecule has 6 nitrogen and oxygen atoms in total. The first-order valence-corrected chi connectivity index (χ1v) is 6.83. The van der Waals surface area contributed by atoms with Crippen molar-refractivity contribution < 1.29 is 22.9 Å². The minimum atomic E-state index is -1.68. The quantitative estimate of drug-likeness (QED) is 0.880. The maximum atomic E-state index is 14.0. The van der Waals surface area contributed by atoms with Gasteiger partial charge in [-0.05, 0) is 32.0 Å². The molecule has 1 aromatic heterocycles. The highest BCUT2D eigenvalue weighted by Gasteiger charge is 2.50. The average Bonchev–Trinajstić information content (AvgIpc) is 2.99. The van der Waals surface area contributed by atoms with Gasteiger partial charge in [-0.25, -0.2) is 13.6 Å². The molecule has 1 aliphatic heterocycles. The van der Waals surface area contributed by atoms with E-state index in [9.17, 15) is 18.4 Å². The summed E-state index contributed by atoms with van der Waals surface area (Å²) in [6.07, 6.45) is 0. The molecule has 1 aromatic carbocycles. The fourth-order valence-corrected chi connectivity index (χ4v) is 2.55. The van der Waals surface area contributed by atoms with E-state index in [-0.39, 0.29) is 12.1 Å². The van der Waals surface area contributed by atoms with Crippen molar-refractivity contribution in [3.8, 4) is 0 Å². The van der Waals surface area contributed by atoms with Crippen LogP contribution in [0.25, 0.3) is 0 Å². The summed E-state index contributed by atoms with van der Waals surface area (Å²) in [5, 5.41) is 6.08. The summed E-state index contributed by atoms with van der Waals surface area (Å²) >= 11 is 0. The van der Waals surface area contributed by atoms with Crippen LogP contribution in [0.5, 0.6) is 0 Å². The van der Waals surface area contributed by atoms with Crippen molar-refractivity contribution in [2.75, 3.05) is 0 Å². The normalized spacial score (nSPS) is 21.0. The Morgan fingerprint density at radius 2 is 2.04 bits per heavy atom. The van der Waals surface area contributed by atoms with Crippen molar-refractivity contribution in [2.24, 2.45) is 0 Å². The summed E-state index contributed by atoms with van der Waals surface area (Å²) in [7, 11) is 0. The van der Waals surface area contributed by atoms with Gasteiger partial charge in [0.05, 0.1) is 12.2 Å². The van der Waals surface area contributed by atoms with Gasteiger partial charge in [-0.2, -0.15) is 0 Å². The van der Waals surface area contributed by atoms with Gasteiger partial charge < -0.3 is 9.84 Å². The number of nitrogens with zero attached hydrogens (tertiary/aromatic N) is 2. The number of aryl methyl sites for hydroxylation is 1. The van der Waals surface area contributed by atoms with Crippen molar-refractivity contribution in [1.29, 1.82) is 0 Å². The molecule has 120 valence electrons. The molecular formula is C15H13F2N3O3. The Kier molecular flexibility index (Phi) is 3.39. The van der Waals surface area contributed by atoms with Gasteiger partial charge in [-0.15, -0.1) is 0 Å². The van der Waals surface area contributed by atoms with E-state index in [0.29, 0.717) is 11.5 Å². The van der Waals surface area contributed by atoms with Gasteiger partial charge in [0.25, 0.3) is 5.91 Å². The van der Waals surface area contributed by atoms with E-state index in [1.165, 1.54) is 6.92 Å². The number of hydrogen-bond acceptors (Lipinski definition) is 4.